The van der Waals surface area contributed by atoms with Crippen molar-refractivity contribution in [3.63, 3.8) is 0 Å². The molecule has 0 bridgehead atoms. The fraction of sp³-hybridized carbons (Fsp3) is 0.684. The van der Waals surface area contributed by atoms with Gasteiger partial charge in [0, 0.05) is 45.5 Å². The minimum absolute atomic E-state index is 0.100. The number of rotatable bonds is 6. The van der Waals surface area contributed by atoms with Gasteiger partial charge in [0.05, 0.1) is 11.1 Å². The maximum absolute atomic E-state index is 13.0. The molecule has 1 aromatic heterocycles. The van der Waals surface area contributed by atoms with Crippen LogP contribution in [0.3, 0.4) is 0 Å². The molecule has 1 atom stereocenters. The second-order valence-corrected chi connectivity index (χ2v) is 10.2. The number of aromatic nitrogens is 1. The molecule has 162 valence electrons. The number of pyridine rings is 1. The lowest BCUT2D eigenvalue weighted by Crippen LogP contribution is -2.57. The van der Waals surface area contributed by atoms with Gasteiger partial charge in [-0.15, -0.1) is 0 Å². The van der Waals surface area contributed by atoms with Crippen molar-refractivity contribution in [2.45, 2.75) is 51.1 Å². The maximum atomic E-state index is 13.0. The molecule has 1 aromatic rings. The summed E-state index contributed by atoms with van der Waals surface area (Å²) in [4.78, 5) is 18.6. The highest BCUT2D eigenvalue weighted by atomic mass is 35.5. The fourth-order valence-corrected chi connectivity index (χ4v) is 5.67. The lowest BCUT2D eigenvalue weighted by Gasteiger charge is -2.40. The Bertz CT molecular complexity index is 791. The van der Waals surface area contributed by atoms with Gasteiger partial charge in [-0.25, -0.2) is 4.98 Å². The number of carbonyl (C=O) groups excluding carboxylic acids is 1. The van der Waals surface area contributed by atoms with Gasteiger partial charge in [0.15, 0.2) is 0 Å². The summed E-state index contributed by atoms with van der Waals surface area (Å²) in [6.45, 7) is 3.62. The Balaban J connectivity index is 1.53. The number of anilines is 1. The van der Waals surface area contributed by atoms with Crippen molar-refractivity contribution in [1.29, 1.82) is 0 Å². The number of nitrogens with one attached hydrogen (secondary N) is 1. The molecular formula is C19H30ClN5O3S. The van der Waals surface area contributed by atoms with E-state index >= 15 is 0 Å². The van der Waals surface area contributed by atoms with Gasteiger partial charge in [0.1, 0.15) is 5.82 Å². The van der Waals surface area contributed by atoms with E-state index < -0.39 is 10.2 Å². The molecule has 1 N–H and O–H groups in total. The third-order valence-electron chi connectivity index (χ3n) is 5.96. The number of piperazine rings is 1. The summed E-state index contributed by atoms with van der Waals surface area (Å²) in [5.41, 5.74) is 0. The predicted octanol–water partition coefficient (Wildman–Crippen LogP) is 2.19. The van der Waals surface area contributed by atoms with Crippen LogP contribution in [0.2, 0.25) is 5.02 Å². The first-order valence-corrected chi connectivity index (χ1v) is 12.0. The highest BCUT2D eigenvalue weighted by molar-refractivity contribution is 7.86. The van der Waals surface area contributed by atoms with Crippen LogP contribution in [0.5, 0.6) is 0 Å². The molecule has 1 amide bonds. The number of halogens is 1. The fourth-order valence-electron chi connectivity index (χ4n) is 3.98. The molecular weight excluding hydrogens is 414 g/mol. The summed E-state index contributed by atoms with van der Waals surface area (Å²) in [5, 5.41) is 3.28. The molecule has 1 aliphatic carbocycles. The van der Waals surface area contributed by atoms with Crippen LogP contribution in [-0.2, 0) is 15.0 Å². The van der Waals surface area contributed by atoms with E-state index in [0.717, 1.165) is 25.7 Å². The van der Waals surface area contributed by atoms with Crippen LogP contribution in [0.15, 0.2) is 18.3 Å². The van der Waals surface area contributed by atoms with Crippen molar-refractivity contribution >= 4 is 33.5 Å². The third kappa shape index (κ3) is 5.46. The van der Waals surface area contributed by atoms with Gasteiger partial charge in [-0.1, -0.05) is 30.9 Å². The van der Waals surface area contributed by atoms with Gasteiger partial charge in [0.2, 0.25) is 5.91 Å². The predicted molar refractivity (Wildman–Crippen MR) is 114 cm³/mol. The van der Waals surface area contributed by atoms with Crippen LogP contribution in [-0.4, -0.2) is 78.1 Å². The van der Waals surface area contributed by atoms with Gasteiger partial charge in [0.25, 0.3) is 10.2 Å². The second kappa shape index (κ2) is 9.70. The highest BCUT2D eigenvalue weighted by Crippen LogP contribution is 2.25. The van der Waals surface area contributed by atoms with Crippen molar-refractivity contribution in [3.05, 3.63) is 23.4 Å². The lowest BCUT2D eigenvalue weighted by atomic mass is 9.96. The molecule has 0 radical (unpaired) electrons. The van der Waals surface area contributed by atoms with Crippen molar-refractivity contribution in [2.24, 2.45) is 0 Å². The largest absolute Gasteiger partial charge is 0.309 e. The van der Waals surface area contributed by atoms with E-state index in [4.69, 9.17) is 11.6 Å². The zero-order valence-corrected chi connectivity index (χ0v) is 18.6. The van der Waals surface area contributed by atoms with E-state index in [-0.39, 0.29) is 18.0 Å². The SMILES string of the molecule is CC(C(=O)Nc1ccc(Cl)cn1)N1CCN(S(=O)(=O)N(C)C2CCCCC2)CC1. The van der Waals surface area contributed by atoms with Crippen LogP contribution in [0.25, 0.3) is 0 Å². The third-order valence-corrected chi connectivity index (χ3v) is 8.23. The molecule has 2 heterocycles. The van der Waals surface area contributed by atoms with Crippen molar-refractivity contribution in [3.8, 4) is 0 Å². The van der Waals surface area contributed by atoms with Crippen LogP contribution >= 0.6 is 11.6 Å². The number of amides is 1. The van der Waals surface area contributed by atoms with Gasteiger partial charge in [-0.3, -0.25) is 9.69 Å². The minimum Gasteiger partial charge on any atom is -0.309 e. The molecule has 2 aliphatic rings. The molecule has 1 saturated carbocycles. The first-order valence-electron chi connectivity index (χ1n) is 10.2. The summed E-state index contributed by atoms with van der Waals surface area (Å²) in [6, 6.07) is 3.04. The van der Waals surface area contributed by atoms with E-state index in [0.29, 0.717) is 37.0 Å². The van der Waals surface area contributed by atoms with Crippen LogP contribution in [0.4, 0.5) is 5.82 Å². The summed E-state index contributed by atoms with van der Waals surface area (Å²) in [7, 11) is -1.77. The quantitative estimate of drug-likeness (QED) is 0.728. The molecule has 10 heteroatoms. The van der Waals surface area contributed by atoms with Crippen LogP contribution in [0.1, 0.15) is 39.0 Å². The molecule has 1 saturated heterocycles. The first kappa shape index (κ1) is 22.4. The van der Waals surface area contributed by atoms with E-state index in [2.05, 4.69) is 10.3 Å². The Labute approximate surface area is 178 Å². The van der Waals surface area contributed by atoms with E-state index in [1.54, 1.807) is 27.8 Å². The Hall–Kier alpha value is -1.26. The van der Waals surface area contributed by atoms with Gasteiger partial charge in [-0.2, -0.15) is 17.0 Å². The maximum Gasteiger partial charge on any atom is 0.282 e. The van der Waals surface area contributed by atoms with Gasteiger partial charge < -0.3 is 5.32 Å². The molecule has 1 unspecified atom stereocenters. The highest BCUT2D eigenvalue weighted by Gasteiger charge is 2.36. The smallest absolute Gasteiger partial charge is 0.282 e. The number of hydrogen-bond acceptors (Lipinski definition) is 5. The molecule has 8 nitrogen and oxygen atoms in total. The molecule has 0 aromatic carbocycles. The van der Waals surface area contributed by atoms with Gasteiger partial charge >= 0.3 is 0 Å². The zero-order valence-electron chi connectivity index (χ0n) is 17.1. The monoisotopic (exact) mass is 443 g/mol. The van der Waals surface area contributed by atoms with Crippen molar-refractivity contribution in [2.75, 3.05) is 38.5 Å². The normalized spacial score (nSPS) is 21.2. The molecule has 1 aliphatic heterocycles. The number of nitrogens with zero attached hydrogens (tertiary/aromatic N) is 4. The topological polar surface area (TPSA) is 85.9 Å². The molecule has 29 heavy (non-hydrogen) atoms. The summed E-state index contributed by atoms with van der Waals surface area (Å²) in [5.74, 6) is 0.275. The Morgan fingerprint density at radius 3 is 2.45 bits per heavy atom. The number of carbonyl (C=O) groups is 1. The molecule has 2 fully saturated rings. The molecule has 0 spiro atoms. The average Bonchev–Trinajstić information content (AvgIpc) is 2.75. The Morgan fingerprint density at radius 1 is 1.21 bits per heavy atom. The average molecular weight is 444 g/mol. The first-order chi connectivity index (χ1) is 13.8. The zero-order chi connectivity index (χ0) is 21.0. The van der Waals surface area contributed by atoms with Gasteiger partial charge in [-0.05, 0) is 31.9 Å². The number of hydrogen-bond donors (Lipinski definition) is 1. The van der Waals surface area contributed by atoms with E-state index in [1.807, 2.05) is 11.8 Å². The van der Waals surface area contributed by atoms with Crippen LogP contribution < -0.4 is 5.32 Å². The van der Waals surface area contributed by atoms with E-state index in [9.17, 15) is 13.2 Å². The lowest BCUT2D eigenvalue weighted by molar-refractivity contribution is -0.121. The Morgan fingerprint density at radius 2 is 1.86 bits per heavy atom. The van der Waals surface area contributed by atoms with Crippen molar-refractivity contribution < 1.29 is 13.2 Å². The standard InChI is InChI=1S/C19H30ClN5O3S/c1-15(19(26)22-18-9-8-16(20)14-21-18)24-10-12-25(13-11-24)29(27,28)23(2)17-6-4-3-5-7-17/h8-9,14-15,17H,3-7,10-13H2,1-2H3,(H,21,22,26). The van der Waals surface area contributed by atoms with E-state index in [1.165, 1.54) is 12.6 Å². The second-order valence-electron chi connectivity index (χ2n) is 7.78. The molecule has 3 rings (SSSR count). The van der Waals surface area contributed by atoms with Crippen LogP contribution in [0, 0.1) is 0 Å². The minimum atomic E-state index is -3.47. The summed E-state index contributed by atoms with van der Waals surface area (Å²) < 4.78 is 29.1. The summed E-state index contributed by atoms with van der Waals surface area (Å²) >= 11 is 5.81. The Kier molecular flexibility index (Phi) is 7.50. The van der Waals surface area contributed by atoms with Crippen molar-refractivity contribution in [1.82, 2.24) is 18.5 Å². The summed E-state index contributed by atoms with van der Waals surface area (Å²) in [6.07, 6.45) is 6.72.